The van der Waals surface area contributed by atoms with Crippen molar-refractivity contribution in [3.63, 3.8) is 0 Å². The summed E-state index contributed by atoms with van der Waals surface area (Å²) in [4.78, 5) is 28.7. The van der Waals surface area contributed by atoms with E-state index >= 15 is 0 Å². The van der Waals surface area contributed by atoms with Crippen molar-refractivity contribution in [1.82, 2.24) is 9.55 Å². The van der Waals surface area contributed by atoms with Crippen LogP contribution in [0.15, 0.2) is 59.7 Å². The third-order valence-corrected chi connectivity index (χ3v) is 4.28. The lowest BCUT2D eigenvalue weighted by Gasteiger charge is -2.10. The molecular weight excluding hydrogens is 361 g/mol. The highest BCUT2D eigenvalue weighted by Gasteiger charge is 2.11. The second kappa shape index (κ2) is 8.58. The fourth-order valence-electron chi connectivity index (χ4n) is 2.76. The number of hydrogen-bond donors (Lipinski definition) is 1. The molecule has 0 spiro atoms. The van der Waals surface area contributed by atoms with Crippen LogP contribution in [0, 0.1) is 12.7 Å². The van der Waals surface area contributed by atoms with Crippen LogP contribution in [-0.4, -0.2) is 15.3 Å². The van der Waals surface area contributed by atoms with Crippen molar-refractivity contribution in [2.24, 2.45) is 5.73 Å². The van der Waals surface area contributed by atoms with Gasteiger partial charge in [-0.25, -0.2) is 4.39 Å². The number of carbonyl (C=O) groups is 1. The Morgan fingerprint density at radius 2 is 2.04 bits per heavy atom. The average Bonchev–Trinajstić information content (AvgIpc) is 2.69. The van der Waals surface area contributed by atoms with E-state index in [-0.39, 0.29) is 24.5 Å². The van der Waals surface area contributed by atoms with Gasteiger partial charge in [0.1, 0.15) is 18.2 Å². The van der Waals surface area contributed by atoms with Crippen molar-refractivity contribution in [3.8, 4) is 5.75 Å². The normalized spacial score (nSPS) is 10.7. The number of pyridine rings is 2. The molecule has 3 aromatic rings. The molecule has 28 heavy (non-hydrogen) atoms. The van der Waals surface area contributed by atoms with Crippen LogP contribution >= 0.6 is 0 Å². The highest BCUT2D eigenvalue weighted by molar-refractivity contribution is 5.97. The smallest absolute Gasteiger partial charge is 0.254 e. The van der Waals surface area contributed by atoms with Gasteiger partial charge >= 0.3 is 0 Å². The molecule has 6 nitrogen and oxygen atoms in total. The van der Waals surface area contributed by atoms with Crippen molar-refractivity contribution in [2.75, 3.05) is 0 Å². The summed E-state index contributed by atoms with van der Waals surface area (Å²) in [5.41, 5.74) is 8.13. The van der Waals surface area contributed by atoms with E-state index in [1.807, 2.05) is 19.1 Å². The van der Waals surface area contributed by atoms with Crippen LogP contribution < -0.4 is 16.0 Å². The van der Waals surface area contributed by atoms with Crippen LogP contribution in [0.5, 0.6) is 5.75 Å². The molecule has 0 aliphatic carbocycles. The van der Waals surface area contributed by atoms with Gasteiger partial charge in [0.15, 0.2) is 5.78 Å². The molecule has 7 heteroatoms. The first kappa shape index (κ1) is 19.4. The summed E-state index contributed by atoms with van der Waals surface area (Å²) in [7, 11) is 0. The van der Waals surface area contributed by atoms with Crippen molar-refractivity contribution < 1.29 is 13.9 Å². The first-order valence-corrected chi connectivity index (χ1v) is 8.73. The summed E-state index contributed by atoms with van der Waals surface area (Å²) in [6.07, 6.45) is 2.61. The highest BCUT2D eigenvalue weighted by Crippen LogP contribution is 2.13. The van der Waals surface area contributed by atoms with Gasteiger partial charge in [0.25, 0.3) is 5.56 Å². The molecule has 3 rings (SSSR count). The number of rotatable bonds is 7. The van der Waals surface area contributed by atoms with Gasteiger partial charge in [-0.05, 0) is 36.2 Å². The molecule has 0 atom stereocenters. The maximum Gasteiger partial charge on any atom is 0.254 e. The molecular formula is C21H20FN3O3. The standard InChI is InChI=1S/C21H20FN3O3/c1-14-8-15(10-23)2-5-19(14)20(26)12-25-7-6-18(9-21(25)27)28-13-17-4-3-16(22)11-24-17/h2-9,11H,10,12-13,23H2,1H3. The monoisotopic (exact) mass is 381 g/mol. The van der Waals surface area contributed by atoms with Crippen molar-refractivity contribution in [2.45, 2.75) is 26.6 Å². The molecule has 144 valence electrons. The van der Waals surface area contributed by atoms with Crippen molar-refractivity contribution in [1.29, 1.82) is 0 Å². The number of ether oxygens (including phenoxy) is 1. The van der Waals surface area contributed by atoms with Crippen LogP contribution in [0.2, 0.25) is 0 Å². The number of nitrogens with zero attached hydrogens (tertiary/aromatic N) is 2. The lowest BCUT2D eigenvalue weighted by molar-refractivity contribution is 0.0970. The zero-order valence-corrected chi connectivity index (χ0v) is 15.4. The second-order valence-electron chi connectivity index (χ2n) is 6.36. The van der Waals surface area contributed by atoms with E-state index < -0.39 is 5.82 Å². The van der Waals surface area contributed by atoms with Gasteiger partial charge in [-0.15, -0.1) is 0 Å². The van der Waals surface area contributed by atoms with Crippen LogP contribution in [0.4, 0.5) is 4.39 Å². The molecule has 0 aliphatic heterocycles. The Morgan fingerprint density at radius 1 is 1.21 bits per heavy atom. The largest absolute Gasteiger partial charge is 0.487 e. The van der Waals surface area contributed by atoms with E-state index in [0.29, 0.717) is 23.6 Å². The zero-order valence-electron chi connectivity index (χ0n) is 15.4. The van der Waals surface area contributed by atoms with E-state index in [1.165, 1.54) is 29.0 Å². The molecule has 2 aromatic heterocycles. The lowest BCUT2D eigenvalue weighted by Crippen LogP contribution is -2.23. The molecule has 0 saturated heterocycles. The predicted molar refractivity (Wildman–Crippen MR) is 103 cm³/mol. The van der Waals surface area contributed by atoms with E-state index in [9.17, 15) is 14.0 Å². The number of nitrogens with two attached hydrogens (primary N) is 1. The number of aromatic nitrogens is 2. The molecule has 0 saturated carbocycles. The molecule has 0 aliphatic rings. The quantitative estimate of drug-likeness (QED) is 0.636. The summed E-state index contributed by atoms with van der Waals surface area (Å²) in [5, 5.41) is 0. The Labute approximate surface area is 161 Å². The van der Waals surface area contributed by atoms with Crippen LogP contribution in [0.1, 0.15) is 27.2 Å². The Kier molecular flexibility index (Phi) is 5.96. The lowest BCUT2D eigenvalue weighted by atomic mass is 10.0. The van der Waals surface area contributed by atoms with Gasteiger partial charge in [-0.2, -0.15) is 0 Å². The molecule has 0 fully saturated rings. The molecule has 0 bridgehead atoms. The Morgan fingerprint density at radius 3 is 2.68 bits per heavy atom. The molecule has 0 unspecified atom stereocenters. The molecule has 2 N–H and O–H groups in total. The van der Waals surface area contributed by atoms with Gasteiger partial charge in [0.2, 0.25) is 0 Å². The summed E-state index contributed by atoms with van der Waals surface area (Å²) < 4.78 is 19.7. The SMILES string of the molecule is Cc1cc(CN)ccc1C(=O)Cn1ccc(OCc2ccc(F)cn2)cc1=O. The van der Waals surface area contributed by atoms with E-state index in [2.05, 4.69) is 4.98 Å². The van der Waals surface area contributed by atoms with E-state index in [4.69, 9.17) is 10.5 Å². The number of aryl methyl sites for hydroxylation is 1. The summed E-state index contributed by atoms with van der Waals surface area (Å²) in [5.74, 6) is -0.237. The van der Waals surface area contributed by atoms with Crippen LogP contribution in [0.25, 0.3) is 0 Å². The highest BCUT2D eigenvalue weighted by atomic mass is 19.1. The van der Waals surface area contributed by atoms with Crippen molar-refractivity contribution in [3.05, 3.63) is 93.4 Å². The molecule has 0 radical (unpaired) electrons. The van der Waals surface area contributed by atoms with E-state index in [1.54, 1.807) is 12.1 Å². The maximum atomic E-state index is 12.9. The number of ketones is 1. The average molecular weight is 381 g/mol. The Balaban J connectivity index is 1.67. The zero-order chi connectivity index (χ0) is 20.1. The minimum absolute atomic E-state index is 0.0680. The van der Waals surface area contributed by atoms with Gasteiger partial charge in [-0.3, -0.25) is 14.6 Å². The van der Waals surface area contributed by atoms with Crippen LogP contribution in [0.3, 0.4) is 0 Å². The fourth-order valence-corrected chi connectivity index (χ4v) is 2.76. The second-order valence-corrected chi connectivity index (χ2v) is 6.36. The first-order chi connectivity index (χ1) is 13.5. The molecule has 0 amide bonds. The fraction of sp³-hybridized carbons (Fsp3) is 0.190. The topological polar surface area (TPSA) is 87.2 Å². The Bertz CT molecular complexity index is 1050. The van der Waals surface area contributed by atoms with Crippen molar-refractivity contribution >= 4 is 5.78 Å². The van der Waals surface area contributed by atoms with E-state index in [0.717, 1.165) is 17.3 Å². The number of Topliss-reactive ketones (excluding diaryl/α,β-unsaturated/α-hetero) is 1. The minimum atomic E-state index is -0.427. The maximum absolute atomic E-state index is 12.9. The molecule has 1 aromatic carbocycles. The van der Waals surface area contributed by atoms with Gasteiger partial charge in [0, 0.05) is 24.4 Å². The predicted octanol–water partition coefficient (Wildman–Crippen LogP) is 2.61. The third-order valence-electron chi connectivity index (χ3n) is 4.28. The van der Waals surface area contributed by atoms with Gasteiger partial charge in [0.05, 0.1) is 18.4 Å². The summed E-state index contributed by atoms with van der Waals surface area (Å²) in [6, 6.07) is 11.1. The molecule has 2 heterocycles. The number of carbonyl (C=O) groups excluding carboxylic acids is 1. The first-order valence-electron chi connectivity index (χ1n) is 8.73. The van der Waals surface area contributed by atoms with Gasteiger partial charge in [-0.1, -0.05) is 18.2 Å². The van der Waals surface area contributed by atoms with Crippen LogP contribution in [-0.2, 0) is 19.7 Å². The van der Waals surface area contributed by atoms with Gasteiger partial charge < -0.3 is 15.0 Å². The third kappa shape index (κ3) is 4.69. The number of hydrogen-bond acceptors (Lipinski definition) is 5. The minimum Gasteiger partial charge on any atom is -0.487 e. The summed E-state index contributed by atoms with van der Waals surface area (Å²) >= 11 is 0. The summed E-state index contributed by atoms with van der Waals surface area (Å²) in [6.45, 7) is 2.29. The number of halogens is 1. The Hall–Kier alpha value is -3.32. The number of benzene rings is 1.